The van der Waals surface area contributed by atoms with Crippen LogP contribution in [0.5, 0.6) is 0 Å². The number of piperazine rings is 1. The number of hydrogen-bond acceptors (Lipinski definition) is 4. The van der Waals surface area contributed by atoms with Crippen LogP contribution in [0, 0.1) is 6.92 Å². The molecule has 1 saturated heterocycles. The van der Waals surface area contributed by atoms with Crippen molar-refractivity contribution in [2.45, 2.75) is 11.8 Å². The summed E-state index contributed by atoms with van der Waals surface area (Å²) in [7, 11) is -1.66. The normalized spacial score (nSPS) is 15.7. The number of aryl methyl sites for hydroxylation is 1. The van der Waals surface area contributed by atoms with Crippen LogP contribution < -0.4 is 4.72 Å². The summed E-state index contributed by atoms with van der Waals surface area (Å²) in [6, 6.07) is 13.3. The predicted octanol–water partition coefficient (Wildman–Crippen LogP) is 2.18. The van der Waals surface area contributed by atoms with Crippen LogP contribution in [0.2, 0.25) is 0 Å². The number of hydrogen-bond donors (Lipinski definition) is 1. The smallest absolute Gasteiger partial charge is 0.261 e. The van der Waals surface area contributed by atoms with Gasteiger partial charge in [0.05, 0.1) is 10.6 Å². The first-order chi connectivity index (χ1) is 12.4. The maximum absolute atomic E-state index is 12.7. The van der Waals surface area contributed by atoms with Crippen molar-refractivity contribution in [2.75, 3.05) is 37.9 Å². The lowest BCUT2D eigenvalue weighted by atomic mass is 10.1. The highest BCUT2D eigenvalue weighted by atomic mass is 32.2. The van der Waals surface area contributed by atoms with Crippen LogP contribution in [-0.4, -0.2) is 57.4 Å². The Balaban J connectivity index is 1.83. The molecule has 0 bridgehead atoms. The molecule has 6 nitrogen and oxygen atoms in total. The Labute approximate surface area is 154 Å². The zero-order chi connectivity index (χ0) is 18.7. The molecule has 0 radical (unpaired) electrons. The fraction of sp³-hybridized carbons (Fsp3) is 0.316. The van der Waals surface area contributed by atoms with Crippen molar-refractivity contribution in [1.82, 2.24) is 9.80 Å². The molecular weight excluding hydrogens is 350 g/mol. The molecule has 138 valence electrons. The summed E-state index contributed by atoms with van der Waals surface area (Å²) in [6.45, 7) is 4.84. The van der Waals surface area contributed by atoms with Crippen molar-refractivity contribution in [3.8, 4) is 0 Å². The van der Waals surface area contributed by atoms with Gasteiger partial charge >= 0.3 is 0 Å². The summed E-state index contributed by atoms with van der Waals surface area (Å²) >= 11 is 0. The molecule has 1 N–H and O–H groups in total. The molecule has 1 amide bonds. The van der Waals surface area contributed by atoms with Crippen molar-refractivity contribution in [3.63, 3.8) is 0 Å². The molecule has 0 atom stereocenters. The van der Waals surface area contributed by atoms with Gasteiger partial charge in [0.2, 0.25) is 0 Å². The monoisotopic (exact) mass is 373 g/mol. The standard InChI is InChI=1S/C19H23N3O3S/c1-15-8-9-16(19(23)22-12-10-21(2)11-13-22)14-18(15)20-26(24,25)17-6-4-3-5-7-17/h3-9,14,20H,10-13H2,1-2H3. The van der Waals surface area contributed by atoms with Crippen molar-refractivity contribution < 1.29 is 13.2 Å². The van der Waals surface area contributed by atoms with Gasteiger partial charge in [-0.3, -0.25) is 9.52 Å². The van der Waals surface area contributed by atoms with Crippen LogP contribution in [0.15, 0.2) is 53.4 Å². The molecule has 0 spiro atoms. The summed E-state index contributed by atoms with van der Waals surface area (Å²) in [5.74, 6) is -0.0711. The molecule has 1 aliphatic rings. The molecule has 3 rings (SSSR count). The van der Waals surface area contributed by atoms with Crippen LogP contribution in [0.25, 0.3) is 0 Å². The largest absolute Gasteiger partial charge is 0.336 e. The average Bonchev–Trinajstić information content (AvgIpc) is 2.64. The number of carbonyl (C=O) groups is 1. The van der Waals surface area contributed by atoms with E-state index < -0.39 is 10.0 Å². The summed E-state index contributed by atoms with van der Waals surface area (Å²) in [5.41, 5.74) is 1.68. The Morgan fingerprint density at radius 1 is 1.00 bits per heavy atom. The van der Waals surface area contributed by atoms with E-state index in [1.165, 1.54) is 12.1 Å². The highest BCUT2D eigenvalue weighted by Gasteiger charge is 2.22. The molecule has 1 fully saturated rings. The van der Waals surface area contributed by atoms with Gasteiger partial charge in [-0.25, -0.2) is 8.42 Å². The zero-order valence-electron chi connectivity index (χ0n) is 15.0. The number of benzene rings is 2. The fourth-order valence-electron chi connectivity index (χ4n) is 2.86. The second kappa shape index (κ2) is 7.47. The Morgan fingerprint density at radius 3 is 2.31 bits per heavy atom. The van der Waals surface area contributed by atoms with Gasteiger partial charge in [0, 0.05) is 31.7 Å². The minimum absolute atomic E-state index is 0.0711. The number of sulfonamides is 1. The lowest BCUT2D eigenvalue weighted by Gasteiger charge is -2.32. The first kappa shape index (κ1) is 18.4. The van der Waals surface area contributed by atoms with Gasteiger partial charge in [0.25, 0.3) is 15.9 Å². The minimum Gasteiger partial charge on any atom is -0.336 e. The number of carbonyl (C=O) groups excluding carboxylic acids is 1. The second-order valence-corrected chi connectivity index (χ2v) is 8.23. The quantitative estimate of drug-likeness (QED) is 0.892. The van der Waals surface area contributed by atoms with Crippen molar-refractivity contribution >= 4 is 21.6 Å². The highest BCUT2D eigenvalue weighted by molar-refractivity contribution is 7.92. The summed E-state index contributed by atoms with van der Waals surface area (Å²) in [4.78, 5) is 16.9. The Kier molecular flexibility index (Phi) is 5.29. The van der Waals surface area contributed by atoms with Gasteiger partial charge in [-0.15, -0.1) is 0 Å². The Bertz CT molecular complexity index is 890. The van der Waals surface area contributed by atoms with E-state index in [1.807, 2.05) is 14.0 Å². The van der Waals surface area contributed by atoms with E-state index in [1.54, 1.807) is 41.3 Å². The van der Waals surface area contributed by atoms with Gasteiger partial charge < -0.3 is 9.80 Å². The zero-order valence-corrected chi connectivity index (χ0v) is 15.8. The number of amides is 1. The molecule has 0 unspecified atom stereocenters. The lowest BCUT2D eigenvalue weighted by Crippen LogP contribution is -2.47. The third-order valence-corrected chi connectivity index (χ3v) is 5.95. The Hall–Kier alpha value is -2.38. The molecule has 0 saturated carbocycles. The van der Waals surface area contributed by atoms with Gasteiger partial charge in [-0.1, -0.05) is 24.3 Å². The van der Waals surface area contributed by atoms with E-state index in [4.69, 9.17) is 0 Å². The average molecular weight is 373 g/mol. The number of nitrogens with one attached hydrogen (secondary N) is 1. The third kappa shape index (κ3) is 4.05. The molecule has 1 heterocycles. The van der Waals surface area contributed by atoms with Crippen LogP contribution in [0.1, 0.15) is 15.9 Å². The number of nitrogens with zero attached hydrogens (tertiary/aromatic N) is 2. The number of rotatable bonds is 4. The van der Waals surface area contributed by atoms with Crippen LogP contribution in [0.4, 0.5) is 5.69 Å². The summed E-state index contributed by atoms with van der Waals surface area (Å²) < 4.78 is 27.7. The fourth-order valence-corrected chi connectivity index (χ4v) is 4.00. The van der Waals surface area contributed by atoms with Gasteiger partial charge in [0.15, 0.2) is 0 Å². The first-order valence-electron chi connectivity index (χ1n) is 8.53. The second-order valence-electron chi connectivity index (χ2n) is 6.54. The van der Waals surface area contributed by atoms with Crippen LogP contribution in [0.3, 0.4) is 0 Å². The minimum atomic E-state index is -3.69. The summed E-state index contributed by atoms with van der Waals surface area (Å²) in [5, 5.41) is 0. The topological polar surface area (TPSA) is 69.7 Å². The molecule has 7 heteroatoms. The van der Waals surface area contributed by atoms with E-state index >= 15 is 0 Å². The van der Waals surface area contributed by atoms with Crippen LogP contribution >= 0.6 is 0 Å². The van der Waals surface area contributed by atoms with Gasteiger partial charge in [-0.05, 0) is 43.8 Å². The molecule has 26 heavy (non-hydrogen) atoms. The molecule has 2 aromatic carbocycles. The molecule has 0 aromatic heterocycles. The van der Waals surface area contributed by atoms with E-state index in [9.17, 15) is 13.2 Å². The predicted molar refractivity (Wildman–Crippen MR) is 102 cm³/mol. The first-order valence-corrected chi connectivity index (χ1v) is 10.0. The van der Waals surface area contributed by atoms with E-state index in [2.05, 4.69) is 9.62 Å². The van der Waals surface area contributed by atoms with Crippen molar-refractivity contribution in [3.05, 3.63) is 59.7 Å². The van der Waals surface area contributed by atoms with E-state index in [0.29, 0.717) is 24.3 Å². The molecular formula is C19H23N3O3S. The van der Waals surface area contributed by atoms with Crippen LogP contribution in [-0.2, 0) is 10.0 Å². The highest BCUT2D eigenvalue weighted by Crippen LogP contribution is 2.22. The maximum Gasteiger partial charge on any atom is 0.261 e. The number of anilines is 1. The van der Waals surface area contributed by atoms with E-state index in [-0.39, 0.29) is 10.8 Å². The van der Waals surface area contributed by atoms with E-state index in [0.717, 1.165) is 18.7 Å². The summed E-state index contributed by atoms with van der Waals surface area (Å²) in [6.07, 6.45) is 0. The molecule has 1 aliphatic heterocycles. The van der Waals surface area contributed by atoms with Crippen molar-refractivity contribution in [1.29, 1.82) is 0 Å². The van der Waals surface area contributed by atoms with Gasteiger partial charge in [-0.2, -0.15) is 0 Å². The SMILES string of the molecule is Cc1ccc(C(=O)N2CCN(C)CC2)cc1NS(=O)(=O)c1ccccc1. The Morgan fingerprint density at radius 2 is 1.65 bits per heavy atom. The number of likely N-dealkylation sites (N-methyl/N-ethyl adjacent to an activating group) is 1. The third-order valence-electron chi connectivity index (χ3n) is 4.57. The maximum atomic E-state index is 12.7. The molecule has 2 aromatic rings. The van der Waals surface area contributed by atoms with Gasteiger partial charge in [0.1, 0.15) is 0 Å². The lowest BCUT2D eigenvalue weighted by molar-refractivity contribution is 0.0664. The van der Waals surface area contributed by atoms with Crippen molar-refractivity contribution in [2.24, 2.45) is 0 Å². The molecule has 0 aliphatic carbocycles.